The minimum absolute atomic E-state index is 0.000426. The van der Waals surface area contributed by atoms with Crippen LogP contribution in [0.2, 0.25) is 0 Å². The van der Waals surface area contributed by atoms with Gasteiger partial charge in [-0.05, 0) is 12.5 Å². The first-order valence-corrected chi connectivity index (χ1v) is 9.69. The van der Waals surface area contributed by atoms with Crippen molar-refractivity contribution in [2.75, 3.05) is 18.6 Å². The van der Waals surface area contributed by atoms with Gasteiger partial charge in [0.1, 0.15) is 6.07 Å². The van der Waals surface area contributed by atoms with Gasteiger partial charge in [-0.2, -0.15) is 5.26 Å². The van der Waals surface area contributed by atoms with Gasteiger partial charge in [-0.3, -0.25) is 9.78 Å². The minimum atomic E-state index is -0.704. The van der Waals surface area contributed by atoms with Crippen molar-refractivity contribution in [2.24, 2.45) is 0 Å². The second-order valence-corrected chi connectivity index (χ2v) is 7.04. The molecule has 29 heavy (non-hydrogen) atoms. The van der Waals surface area contributed by atoms with Gasteiger partial charge in [-0.25, -0.2) is 4.79 Å². The summed E-state index contributed by atoms with van der Waals surface area (Å²) in [7, 11) is 1.22. The molecule has 0 aliphatic carbocycles. The van der Waals surface area contributed by atoms with E-state index >= 15 is 0 Å². The first kappa shape index (κ1) is 20.2. The largest absolute Gasteiger partial charge is 0.464 e. The van der Waals surface area contributed by atoms with Crippen LogP contribution in [0.4, 0.5) is 5.69 Å². The molecule has 1 aromatic carbocycles. The van der Waals surface area contributed by atoms with Crippen molar-refractivity contribution in [1.29, 1.82) is 5.26 Å². The summed E-state index contributed by atoms with van der Waals surface area (Å²) >= 11 is 1.41. The van der Waals surface area contributed by atoms with Crippen LogP contribution in [0.15, 0.2) is 40.4 Å². The molecule has 0 amide bonds. The van der Waals surface area contributed by atoms with Gasteiger partial charge in [0.15, 0.2) is 16.5 Å². The summed E-state index contributed by atoms with van der Waals surface area (Å²) in [4.78, 5) is 27.6. The number of H-pyrrole nitrogens is 1. The SMILES string of the molecule is CCCSc1nnc(-c2ccccc2-n2cc(C#N)c(N)c2C(=O)OC)c(=O)[nH]1. The van der Waals surface area contributed by atoms with Gasteiger partial charge in [0.05, 0.1) is 24.0 Å². The van der Waals surface area contributed by atoms with E-state index in [1.54, 1.807) is 24.3 Å². The molecule has 0 saturated heterocycles. The molecule has 0 radical (unpaired) electrons. The smallest absolute Gasteiger partial charge is 0.357 e. The summed E-state index contributed by atoms with van der Waals surface area (Å²) in [5.41, 5.74) is 6.63. The lowest BCUT2D eigenvalue weighted by molar-refractivity contribution is 0.0593. The number of methoxy groups -OCH3 is 1. The number of nitrogens with zero attached hydrogens (tertiary/aromatic N) is 4. The van der Waals surface area contributed by atoms with Gasteiger partial charge in [0.25, 0.3) is 5.56 Å². The number of rotatable bonds is 6. The normalized spacial score (nSPS) is 10.5. The Hall–Kier alpha value is -3.58. The van der Waals surface area contributed by atoms with Crippen LogP contribution in [0.3, 0.4) is 0 Å². The van der Waals surface area contributed by atoms with E-state index < -0.39 is 11.5 Å². The van der Waals surface area contributed by atoms with E-state index in [2.05, 4.69) is 15.2 Å². The number of para-hydroxylation sites is 1. The van der Waals surface area contributed by atoms with Gasteiger partial charge in [-0.15, -0.1) is 10.2 Å². The van der Waals surface area contributed by atoms with E-state index in [4.69, 9.17) is 10.5 Å². The van der Waals surface area contributed by atoms with Gasteiger partial charge >= 0.3 is 5.97 Å². The van der Waals surface area contributed by atoms with Gasteiger partial charge in [0, 0.05) is 17.5 Å². The third kappa shape index (κ3) is 3.86. The molecule has 2 aromatic heterocycles. The Balaban J connectivity index is 2.19. The molecule has 0 spiro atoms. The third-order valence-electron chi connectivity index (χ3n) is 4.08. The summed E-state index contributed by atoms with van der Waals surface area (Å²) < 4.78 is 6.24. The number of carbonyl (C=O) groups excluding carboxylic acids is 1. The number of ether oxygens (including phenoxy) is 1. The van der Waals surface area contributed by atoms with E-state index in [9.17, 15) is 14.9 Å². The third-order valence-corrected chi connectivity index (χ3v) is 5.15. The Morgan fingerprint density at radius 3 is 2.79 bits per heavy atom. The molecule has 3 N–H and O–H groups in total. The molecule has 0 atom stereocenters. The van der Waals surface area contributed by atoms with Crippen LogP contribution in [0.5, 0.6) is 0 Å². The summed E-state index contributed by atoms with van der Waals surface area (Å²) in [6, 6.07) is 8.77. The highest BCUT2D eigenvalue weighted by atomic mass is 32.2. The average molecular weight is 410 g/mol. The lowest BCUT2D eigenvalue weighted by atomic mass is 10.1. The Kier molecular flexibility index (Phi) is 5.99. The fraction of sp³-hybridized carbons (Fsp3) is 0.211. The van der Waals surface area contributed by atoms with Gasteiger partial charge in [0.2, 0.25) is 0 Å². The number of aromatic nitrogens is 4. The molecule has 0 fully saturated rings. The van der Waals surface area contributed by atoms with Crippen LogP contribution >= 0.6 is 11.8 Å². The van der Waals surface area contributed by atoms with Crippen molar-refractivity contribution in [3.8, 4) is 23.0 Å². The fourth-order valence-electron chi connectivity index (χ4n) is 2.75. The van der Waals surface area contributed by atoms with Crippen molar-refractivity contribution in [3.05, 3.63) is 52.1 Å². The first-order chi connectivity index (χ1) is 14.0. The summed E-state index contributed by atoms with van der Waals surface area (Å²) in [6.07, 6.45) is 2.36. The quantitative estimate of drug-likeness (QED) is 0.466. The van der Waals surface area contributed by atoms with Crippen LogP contribution in [0.25, 0.3) is 16.9 Å². The molecule has 0 bridgehead atoms. The molecule has 0 aliphatic heterocycles. The Labute approximate surface area is 170 Å². The minimum Gasteiger partial charge on any atom is -0.464 e. The second kappa shape index (κ2) is 8.62. The maximum absolute atomic E-state index is 12.6. The number of nitrogens with one attached hydrogen (secondary N) is 1. The molecule has 10 heteroatoms. The number of carbonyl (C=O) groups is 1. The highest BCUT2D eigenvalue weighted by Crippen LogP contribution is 2.29. The number of benzene rings is 1. The van der Waals surface area contributed by atoms with Crippen LogP contribution in [-0.2, 0) is 4.74 Å². The van der Waals surface area contributed by atoms with Crippen molar-refractivity contribution in [3.63, 3.8) is 0 Å². The predicted octanol–water partition coefficient (Wildman–Crippen LogP) is 2.37. The maximum Gasteiger partial charge on any atom is 0.357 e. The standard InChI is InChI=1S/C19H18N6O3S/c1-3-8-29-19-22-17(26)15(23-24-19)12-6-4-5-7-13(12)25-10-11(9-20)14(21)16(25)18(27)28-2/h4-7,10H,3,8,21H2,1-2H3,(H,22,24,26). The summed E-state index contributed by atoms with van der Waals surface area (Å²) in [5.74, 6) is 0.105. The Bertz CT molecular complexity index is 1160. The van der Waals surface area contributed by atoms with Crippen molar-refractivity contribution < 1.29 is 9.53 Å². The first-order valence-electron chi connectivity index (χ1n) is 8.70. The number of hydrogen-bond donors (Lipinski definition) is 2. The Morgan fingerprint density at radius 2 is 2.14 bits per heavy atom. The van der Waals surface area contributed by atoms with Crippen LogP contribution < -0.4 is 11.3 Å². The van der Waals surface area contributed by atoms with E-state index in [-0.39, 0.29) is 22.6 Å². The van der Waals surface area contributed by atoms with E-state index in [1.807, 2.05) is 13.0 Å². The molecule has 2 heterocycles. The highest BCUT2D eigenvalue weighted by Gasteiger charge is 2.24. The number of anilines is 1. The number of nitrogen functional groups attached to an aromatic ring is 1. The van der Waals surface area contributed by atoms with E-state index in [1.165, 1.54) is 29.6 Å². The Morgan fingerprint density at radius 1 is 1.38 bits per heavy atom. The van der Waals surface area contributed by atoms with E-state index in [0.29, 0.717) is 16.4 Å². The zero-order chi connectivity index (χ0) is 21.0. The molecule has 0 unspecified atom stereocenters. The maximum atomic E-state index is 12.6. The monoisotopic (exact) mass is 410 g/mol. The molecule has 0 aliphatic rings. The number of aromatic amines is 1. The number of esters is 1. The topological polar surface area (TPSA) is 140 Å². The molecule has 3 aromatic rings. The van der Waals surface area contributed by atoms with Crippen molar-refractivity contribution in [1.82, 2.24) is 19.7 Å². The zero-order valence-corrected chi connectivity index (χ0v) is 16.6. The van der Waals surface area contributed by atoms with Crippen molar-refractivity contribution in [2.45, 2.75) is 18.5 Å². The number of thioether (sulfide) groups is 1. The average Bonchev–Trinajstić information content (AvgIpc) is 3.08. The molecule has 9 nitrogen and oxygen atoms in total. The second-order valence-electron chi connectivity index (χ2n) is 5.95. The lowest BCUT2D eigenvalue weighted by Gasteiger charge is -2.12. The van der Waals surface area contributed by atoms with E-state index in [0.717, 1.165) is 12.2 Å². The lowest BCUT2D eigenvalue weighted by Crippen LogP contribution is -2.16. The van der Waals surface area contributed by atoms with Gasteiger partial charge in [-0.1, -0.05) is 36.9 Å². The summed E-state index contributed by atoms with van der Waals surface area (Å²) in [5, 5.41) is 17.9. The van der Waals surface area contributed by atoms with Crippen LogP contribution in [0, 0.1) is 11.3 Å². The van der Waals surface area contributed by atoms with Crippen LogP contribution in [-0.4, -0.2) is 38.6 Å². The zero-order valence-electron chi connectivity index (χ0n) is 15.8. The highest BCUT2D eigenvalue weighted by molar-refractivity contribution is 7.99. The van der Waals surface area contributed by atoms with Crippen LogP contribution in [0.1, 0.15) is 29.4 Å². The molecular weight excluding hydrogens is 392 g/mol. The molecular formula is C19H18N6O3S. The fourth-order valence-corrected chi connectivity index (χ4v) is 3.41. The number of nitrogens with two attached hydrogens (primary N) is 1. The molecule has 3 rings (SSSR count). The predicted molar refractivity (Wildman–Crippen MR) is 109 cm³/mol. The van der Waals surface area contributed by atoms with Gasteiger partial charge < -0.3 is 15.0 Å². The summed E-state index contributed by atoms with van der Waals surface area (Å²) in [6.45, 7) is 2.03. The molecule has 0 saturated carbocycles. The molecule has 148 valence electrons. The van der Waals surface area contributed by atoms with Crippen molar-refractivity contribution >= 4 is 23.4 Å². The number of hydrogen-bond acceptors (Lipinski definition) is 8. The number of nitriles is 1.